The van der Waals surface area contributed by atoms with E-state index in [4.69, 9.17) is 4.74 Å². The van der Waals surface area contributed by atoms with Crippen molar-refractivity contribution in [3.8, 4) is 0 Å². The van der Waals surface area contributed by atoms with Crippen LogP contribution in [0.5, 0.6) is 0 Å². The Morgan fingerprint density at radius 2 is 2.10 bits per heavy atom. The molecule has 2 amide bonds. The molecule has 3 rings (SSSR count). The maximum atomic E-state index is 12.4. The van der Waals surface area contributed by atoms with Crippen molar-refractivity contribution in [3.05, 3.63) is 41.3 Å². The number of ether oxygens (including phenoxy) is 1. The van der Waals surface area contributed by atoms with Gasteiger partial charge in [0.15, 0.2) is 5.82 Å². The third kappa shape index (κ3) is 6.69. The molecule has 2 aromatic heterocycles. The number of anilines is 1. The van der Waals surface area contributed by atoms with Crippen LogP contribution in [0.15, 0.2) is 24.4 Å². The average molecular weight is 439 g/mol. The molecule has 1 saturated carbocycles. The molecule has 8 nitrogen and oxygen atoms in total. The smallest absolute Gasteiger partial charge is 0.407 e. The molecule has 0 spiro atoms. The van der Waals surface area contributed by atoms with E-state index in [1.807, 2.05) is 6.92 Å². The first-order chi connectivity index (χ1) is 14.6. The average Bonchev–Trinajstić information content (AvgIpc) is 3.29. The zero-order chi connectivity index (χ0) is 22.6. The van der Waals surface area contributed by atoms with Gasteiger partial charge < -0.3 is 15.4 Å². The summed E-state index contributed by atoms with van der Waals surface area (Å²) in [7, 11) is 0. The summed E-state index contributed by atoms with van der Waals surface area (Å²) in [6.07, 6.45) is -3.42. The number of H-pyrrole nitrogens is 1. The molecule has 0 saturated heterocycles. The van der Waals surface area contributed by atoms with Crippen LogP contribution in [0.1, 0.15) is 60.3 Å². The molecular formula is C20H24F3N5O3. The number of rotatable bonds is 6. The van der Waals surface area contributed by atoms with E-state index in [0.29, 0.717) is 30.6 Å². The number of carbonyl (C=O) groups is 2. The van der Waals surface area contributed by atoms with Crippen LogP contribution < -0.4 is 10.6 Å². The molecule has 2 heterocycles. The van der Waals surface area contributed by atoms with Crippen molar-refractivity contribution in [2.45, 2.75) is 63.8 Å². The van der Waals surface area contributed by atoms with Gasteiger partial charge >= 0.3 is 12.3 Å². The number of alkyl carbamates (subject to hydrolysis) is 1. The highest BCUT2D eigenvalue weighted by Crippen LogP contribution is 2.36. The molecule has 1 aliphatic carbocycles. The number of hydrogen-bond donors (Lipinski definition) is 3. The van der Waals surface area contributed by atoms with Crippen LogP contribution >= 0.6 is 0 Å². The second-order valence-corrected chi connectivity index (χ2v) is 7.75. The fraction of sp³-hybridized carbons (Fsp3) is 0.500. The molecule has 0 bridgehead atoms. The van der Waals surface area contributed by atoms with Crippen molar-refractivity contribution in [2.24, 2.45) is 0 Å². The Hall–Kier alpha value is -3.11. The normalized spacial score (nSPS) is 19.6. The van der Waals surface area contributed by atoms with Gasteiger partial charge in [-0.3, -0.25) is 14.9 Å². The number of alkyl halides is 3. The predicted octanol–water partition coefficient (Wildman–Crippen LogP) is 4.07. The number of nitrogens with one attached hydrogen (secondary N) is 3. The fourth-order valence-corrected chi connectivity index (χ4v) is 3.51. The van der Waals surface area contributed by atoms with E-state index in [1.54, 1.807) is 18.2 Å². The van der Waals surface area contributed by atoms with Crippen LogP contribution in [0.25, 0.3) is 0 Å². The summed E-state index contributed by atoms with van der Waals surface area (Å²) in [6, 6.07) is 4.07. The molecule has 0 aliphatic heterocycles. The lowest BCUT2D eigenvalue weighted by molar-refractivity contribution is -0.138. The van der Waals surface area contributed by atoms with Crippen molar-refractivity contribution in [1.29, 1.82) is 0 Å². The second-order valence-electron chi connectivity index (χ2n) is 7.75. The van der Waals surface area contributed by atoms with Crippen molar-refractivity contribution in [1.82, 2.24) is 20.5 Å². The van der Waals surface area contributed by atoms with Crippen LogP contribution in [0, 0.1) is 6.92 Å². The second kappa shape index (κ2) is 9.36. The summed E-state index contributed by atoms with van der Waals surface area (Å²) in [5.41, 5.74) is 2.00. The molecule has 3 atom stereocenters. The van der Waals surface area contributed by atoms with Gasteiger partial charge in [-0.15, -0.1) is 0 Å². The SMILES string of the molecule is Cc1ccc(C(=O)Nc2cc([C@H]3CC[C@@H](OC(=O)NC(C)CC(F)(F)F)C3)[nH]n2)cn1. The Kier molecular flexibility index (Phi) is 6.81. The number of hydrogen-bond acceptors (Lipinski definition) is 5. The zero-order valence-corrected chi connectivity index (χ0v) is 17.1. The number of aromatic amines is 1. The van der Waals surface area contributed by atoms with Crippen molar-refractivity contribution in [2.75, 3.05) is 5.32 Å². The number of aryl methyl sites for hydroxylation is 1. The predicted molar refractivity (Wildman–Crippen MR) is 106 cm³/mol. The number of halogens is 3. The molecule has 168 valence electrons. The highest BCUT2D eigenvalue weighted by molar-refractivity contribution is 6.03. The van der Waals surface area contributed by atoms with Gasteiger partial charge in [0.25, 0.3) is 5.91 Å². The first-order valence-electron chi connectivity index (χ1n) is 9.92. The number of nitrogens with zero attached hydrogens (tertiary/aromatic N) is 2. The van der Waals surface area contributed by atoms with Gasteiger partial charge in [0, 0.05) is 35.6 Å². The Labute approximate surface area is 177 Å². The van der Waals surface area contributed by atoms with Gasteiger partial charge in [-0.1, -0.05) is 0 Å². The molecule has 2 aromatic rings. The van der Waals surface area contributed by atoms with Crippen LogP contribution in [-0.4, -0.2) is 45.5 Å². The van der Waals surface area contributed by atoms with Gasteiger partial charge in [-0.2, -0.15) is 18.3 Å². The summed E-state index contributed by atoms with van der Waals surface area (Å²) in [6.45, 7) is 3.10. The zero-order valence-electron chi connectivity index (χ0n) is 17.1. The number of amides is 2. The summed E-state index contributed by atoms with van der Waals surface area (Å²) < 4.78 is 42.3. The maximum Gasteiger partial charge on any atom is 0.407 e. The van der Waals surface area contributed by atoms with Crippen molar-refractivity contribution in [3.63, 3.8) is 0 Å². The Morgan fingerprint density at radius 1 is 1.32 bits per heavy atom. The lowest BCUT2D eigenvalue weighted by atomic mass is 10.0. The van der Waals surface area contributed by atoms with E-state index in [9.17, 15) is 22.8 Å². The first kappa shape index (κ1) is 22.6. The molecule has 11 heteroatoms. The van der Waals surface area contributed by atoms with Gasteiger partial charge in [-0.25, -0.2) is 4.79 Å². The third-order valence-corrected chi connectivity index (χ3v) is 5.01. The van der Waals surface area contributed by atoms with Crippen molar-refractivity contribution >= 4 is 17.8 Å². The number of aromatic nitrogens is 3. The lowest BCUT2D eigenvalue weighted by Gasteiger charge is -2.18. The molecule has 1 aliphatic rings. The van der Waals surface area contributed by atoms with E-state index in [1.165, 1.54) is 13.1 Å². The van der Waals surface area contributed by atoms with Gasteiger partial charge in [0.1, 0.15) is 6.10 Å². The fourth-order valence-electron chi connectivity index (χ4n) is 3.51. The molecule has 31 heavy (non-hydrogen) atoms. The van der Waals surface area contributed by atoms with Crippen LogP contribution in [0.2, 0.25) is 0 Å². The van der Waals surface area contributed by atoms with E-state index in [2.05, 4.69) is 25.8 Å². The minimum Gasteiger partial charge on any atom is -0.446 e. The topological polar surface area (TPSA) is 109 Å². The highest BCUT2D eigenvalue weighted by atomic mass is 19.4. The van der Waals surface area contributed by atoms with E-state index < -0.39 is 30.8 Å². The minimum atomic E-state index is -4.35. The van der Waals surface area contributed by atoms with Gasteiger partial charge in [-0.05, 0) is 45.2 Å². The Balaban J connectivity index is 1.48. The molecule has 0 aromatic carbocycles. The largest absolute Gasteiger partial charge is 0.446 e. The third-order valence-electron chi connectivity index (χ3n) is 5.01. The summed E-state index contributed by atoms with van der Waals surface area (Å²) in [5.74, 6) is 0.0658. The van der Waals surface area contributed by atoms with Crippen LogP contribution in [0.3, 0.4) is 0 Å². The summed E-state index contributed by atoms with van der Waals surface area (Å²) in [4.78, 5) is 28.2. The molecule has 1 unspecified atom stereocenters. The minimum absolute atomic E-state index is 0.0320. The van der Waals surface area contributed by atoms with E-state index >= 15 is 0 Å². The Morgan fingerprint density at radius 3 is 2.77 bits per heavy atom. The number of carbonyl (C=O) groups excluding carboxylic acids is 2. The summed E-state index contributed by atoms with van der Waals surface area (Å²) in [5, 5.41) is 11.9. The quantitative estimate of drug-likeness (QED) is 0.629. The van der Waals surface area contributed by atoms with Gasteiger partial charge in [0.2, 0.25) is 0 Å². The first-order valence-corrected chi connectivity index (χ1v) is 9.92. The molecule has 0 radical (unpaired) electrons. The van der Waals surface area contributed by atoms with E-state index in [0.717, 1.165) is 11.4 Å². The Bertz CT molecular complexity index is 914. The van der Waals surface area contributed by atoms with Crippen LogP contribution in [-0.2, 0) is 4.74 Å². The molecule has 3 N–H and O–H groups in total. The molecular weight excluding hydrogens is 415 g/mol. The van der Waals surface area contributed by atoms with Crippen LogP contribution in [0.4, 0.5) is 23.8 Å². The summed E-state index contributed by atoms with van der Waals surface area (Å²) >= 11 is 0. The highest BCUT2D eigenvalue weighted by Gasteiger charge is 2.33. The standard InChI is InChI=1S/C20H24F3N5O3/c1-11-3-4-14(10-24-11)18(29)26-17-8-16(27-28-17)13-5-6-15(7-13)31-19(30)25-12(2)9-20(21,22)23/h3-4,8,10,12-13,15H,5-7,9H2,1-2H3,(H,25,30)(H2,26,27,28,29)/t12?,13-,15+/m0/s1. The lowest BCUT2D eigenvalue weighted by Crippen LogP contribution is -2.37. The van der Waals surface area contributed by atoms with E-state index in [-0.39, 0.29) is 11.8 Å². The van der Waals surface area contributed by atoms with Crippen molar-refractivity contribution < 1.29 is 27.5 Å². The maximum absolute atomic E-state index is 12.4. The monoisotopic (exact) mass is 439 g/mol. The molecule has 1 fully saturated rings. The number of pyridine rings is 1. The van der Waals surface area contributed by atoms with Gasteiger partial charge in [0.05, 0.1) is 12.0 Å².